The third-order valence-corrected chi connectivity index (χ3v) is 8.62. The first kappa shape index (κ1) is 36.8. The molecule has 0 aliphatic carbocycles. The van der Waals surface area contributed by atoms with E-state index >= 15 is 0 Å². The Morgan fingerprint density at radius 1 is 0.824 bits per heavy atom. The van der Waals surface area contributed by atoms with E-state index in [0.29, 0.717) is 34.1 Å². The summed E-state index contributed by atoms with van der Waals surface area (Å²) in [4.78, 5) is 40.1. The molecule has 0 fully saturated rings. The van der Waals surface area contributed by atoms with E-state index in [0.717, 1.165) is 29.5 Å². The predicted octanol–water partition coefficient (Wildman–Crippen LogP) is 9.47. The number of hydrogen-bond donors (Lipinski definition) is 3. The van der Waals surface area contributed by atoms with Crippen LogP contribution in [0.2, 0.25) is 5.02 Å². The monoisotopic (exact) mass is 729 g/mol. The molecule has 3 N–H and O–H groups in total. The number of carbonyl (C=O) groups excluding carboxylic acids is 3. The molecule has 5 aromatic rings. The maximum Gasteiger partial charge on any atom is 0.418 e. The first-order valence-corrected chi connectivity index (χ1v) is 16.8. The van der Waals surface area contributed by atoms with Crippen LogP contribution in [0, 0.1) is 0 Å². The number of hydrogen-bond acceptors (Lipinski definition) is 5. The summed E-state index contributed by atoms with van der Waals surface area (Å²) in [5.74, 6) is -1.13. The Morgan fingerprint density at radius 2 is 1.51 bits per heavy atom. The number of carbonyl (C=O) groups is 3. The number of thioether (sulfide) groups is 1. The van der Waals surface area contributed by atoms with Gasteiger partial charge in [-0.25, -0.2) is 0 Å². The summed E-state index contributed by atoms with van der Waals surface area (Å²) in [5.41, 5.74) is 0.862. The zero-order valence-electron chi connectivity index (χ0n) is 27.0. The average Bonchev–Trinajstić information content (AvgIpc) is 3.12. The number of halogens is 4. The average molecular weight is 730 g/mol. The Balaban J connectivity index is 1.29. The van der Waals surface area contributed by atoms with Gasteiger partial charge in [-0.1, -0.05) is 78.3 Å². The lowest BCUT2D eigenvalue weighted by Gasteiger charge is -2.17. The molecular formula is C39H31ClF3N3O4S. The van der Waals surface area contributed by atoms with Gasteiger partial charge in [0.25, 0.3) is 11.8 Å². The van der Waals surface area contributed by atoms with E-state index in [1.165, 1.54) is 12.1 Å². The highest BCUT2D eigenvalue weighted by molar-refractivity contribution is 8.00. The topological polar surface area (TPSA) is 96.5 Å². The highest BCUT2D eigenvalue weighted by atomic mass is 35.5. The van der Waals surface area contributed by atoms with Crippen molar-refractivity contribution in [2.24, 2.45) is 0 Å². The fraction of sp³-hybridized carbons (Fsp3) is 0.103. The van der Waals surface area contributed by atoms with Crippen molar-refractivity contribution < 1.29 is 32.3 Å². The van der Waals surface area contributed by atoms with Crippen LogP contribution in [0.1, 0.15) is 34.0 Å². The first-order chi connectivity index (χ1) is 24.4. The van der Waals surface area contributed by atoms with Gasteiger partial charge in [0.1, 0.15) is 18.1 Å². The molecule has 0 bridgehead atoms. The molecule has 7 nitrogen and oxygen atoms in total. The van der Waals surface area contributed by atoms with Crippen LogP contribution in [0.25, 0.3) is 6.08 Å². The van der Waals surface area contributed by atoms with Gasteiger partial charge in [0.05, 0.1) is 16.5 Å². The lowest BCUT2D eigenvalue weighted by Crippen LogP contribution is -2.30. The van der Waals surface area contributed by atoms with E-state index in [2.05, 4.69) is 16.0 Å². The van der Waals surface area contributed by atoms with E-state index in [1.54, 1.807) is 85.8 Å². The van der Waals surface area contributed by atoms with Crippen molar-refractivity contribution in [2.45, 2.75) is 29.9 Å². The summed E-state index contributed by atoms with van der Waals surface area (Å²) >= 11 is 6.84. The minimum absolute atomic E-state index is 0.0314. The van der Waals surface area contributed by atoms with Crippen LogP contribution in [-0.2, 0) is 22.4 Å². The van der Waals surface area contributed by atoms with Gasteiger partial charge in [-0.05, 0) is 84.8 Å². The molecule has 5 rings (SSSR count). The number of nitrogens with one attached hydrogen (secondary N) is 3. The Morgan fingerprint density at radius 3 is 2.20 bits per heavy atom. The van der Waals surface area contributed by atoms with Gasteiger partial charge in [0, 0.05) is 21.2 Å². The van der Waals surface area contributed by atoms with E-state index in [4.69, 9.17) is 16.3 Å². The van der Waals surface area contributed by atoms with Gasteiger partial charge >= 0.3 is 6.18 Å². The van der Waals surface area contributed by atoms with Gasteiger partial charge in [0.2, 0.25) is 5.91 Å². The van der Waals surface area contributed by atoms with Crippen molar-refractivity contribution in [3.63, 3.8) is 0 Å². The maximum atomic E-state index is 13.6. The SMILES string of the molecule is CC(Sc1cccc(NC(=O)/C(=C/c2ccc(OCc3ccccc3)cc2)NC(=O)c2ccccc2)c1)C(=O)Nc1ccc(Cl)cc1C(F)(F)F. The molecule has 0 aliphatic heterocycles. The van der Waals surface area contributed by atoms with Crippen LogP contribution in [0.3, 0.4) is 0 Å². The smallest absolute Gasteiger partial charge is 0.418 e. The minimum Gasteiger partial charge on any atom is -0.489 e. The van der Waals surface area contributed by atoms with E-state index in [9.17, 15) is 27.6 Å². The second-order valence-corrected chi connectivity index (χ2v) is 13.0. The highest BCUT2D eigenvalue weighted by Gasteiger charge is 2.34. The number of anilines is 2. The van der Waals surface area contributed by atoms with Crippen LogP contribution in [0.4, 0.5) is 24.5 Å². The number of benzene rings is 5. The van der Waals surface area contributed by atoms with Crippen molar-refractivity contribution in [1.29, 1.82) is 0 Å². The Hall–Kier alpha value is -5.52. The fourth-order valence-corrected chi connectivity index (χ4v) is 5.81. The summed E-state index contributed by atoms with van der Waals surface area (Å²) in [5, 5.41) is 6.90. The Labute approximate surface area is 301 Å². The van der Waals surface area contributed by atoms with Gasteiger partial charge in [0.15, 0.2) is 0 Å². The van der Waals surface area contributed by atoms with Crippen molar-refractivity contribution in [1.82, 2.24) is 5.32 Å². The van der Waals surface area contributed by atoms with Crippen LogP contribution in [0.15, 0.2) is 138 Å². The van der Waals surface area contributed by atoms with Crippen LogP contribution >= 0.6 is 23.4 Å². The molecule has 5 aromatic carbocycles. The number of rotatable bonds is 12. The zero-order chi connectivity index (χ0) is 36.4. The predicted molar refractivity (Wildman–Crippen MR) is 195 cm³/mol. The lowest BCUT2D eigenvalue weighted by atomic mass is 10.1. The summed E-state index contributed by atoms with van der Waals surface area (Å²) in [6, 6.07) is 34.9. The molecule has 0 saturated carbocycles. The van der Waals surface area contributed by atoms with Crippen LogP contribution < -0.4 is 20.7 Å². The molecule has 1 unspecified atom stereocenters. The van der Waals surface area contributed by atoms with E-state index in [-0.39, 0.29) is 10.7 Å². The lowest BCUT2D eigenvalue weighted by molar-refractivity contribution is -0.137. The number of ether oxygens (including phenoxy) is 1. The van der Waals surface area contributed by atoms with Gasteiger partial charge in [-0.3, -0.25) is 14.4 Å². The van der Waals surface area contributed by atoms with Crippen LogP contribution in [0.5, 0.6) is 5.75 Å². The molecule has 51 heavy (non-hydrogen) atoms. The number of amides is 3. The molecule has 3 amide bonds. The summed E-state index contributed by atoms with van der Waals surface area (Å²) in [6.45, 7) is 1.94. The number of alkyl halides is 3. The molecule has 0 aromatic heterocycles. The third-order valence-electron chi connectivity index (χ3n) is 7.29. The second-order valence-electron chi connectivity index (χ2n) is 11.1. The summed E-state index contributed by atoms with van der Waals surface area (Å²) in [6.07, 6.45) is -3.18. The molecule has 0 saturated heterocycles. The standard InChI is InChI=1S/C39H31ClF3N3O4S/c1-25(36(47)45-34-20-17-29(40)22-33(34)39(41,42)43)51-32-14-8-13-30(23-32)44-38(49)35(46-37(48)28-11-6-3-7-12-28)21-26-15-18-31(19-16-26)50-24-27-9-4-2-5-10-27/h2-23,25H,24H2,1H3,(H,44,49)(H,45,47)(H,46,48)/b35-21-. The van der Waals surface area contributed by atoms with Crippen LogP contribution in [-0.4, -0.2) is 23.0 Å². The van der Waals surface area contributed by atoms with Gasteiger partial charge in [-0.15, -0.1) is 11.8 Å². The molecule has 12 heteroatoms. The van der Waals surface area contributed by atoms with Crippen molar-refractivity contribution in [3.8, 4) is 5.75 Å². The van der Waals surface area contributed by atoms with Gasteiger partial charge in [-0.2, -0.15) is 13.2 Å². The maximum absolute atomic E-state index is 13.6. The normalized spacial score (nSPS) is 12.1. The Kier molecular flexibility index (Phi) is 12.2. The zero-order valence-corrected chi connectivity index (χ0v) is 28.6. The second kappa shape index (κ2) is 16.9. The summed E-state index contributed by atoms with van der Waals surface area (Å²) < 4.78 is 46.4. The molecule has 0 aliphatic rings. The molecule has 0 radical (unpaired) electrons. The molecule has 260 valence electrons. The molecule has 0 spiro atoms. The summed E-state index contributed by atoms with van der Waals surface area (Å²) in [7, 11) is 0. The van der Waals surface area contributed by atoms with E-state index in [1.807, 2.05) is 30.3 Å². The Bertz CT molecular complexity index is 2030. The molecule has 0 heterocycles. The first-order valence-electron chi connectivity index (χ1n) is 15.5. The van der Waals surface area contributed by atoms with Crippen molar-refractivity contribution in [2.75, 3.05) is 10.6 Å². The van der Waals surface area contributed by atoms with E-state index < -0.39 is 40.4 Å². The quantitative estimate of drug-likeness (QED) is 0.0879. The van der Waals surface area contributed by atoms with Gasteiger partial charge < -0.3 is 20.7 Å². The minimum atomic E-state index is -4.72. The molecular weight excluding hydrogens is 699 g/mol. The highest BCUT2D eigenvalue weighted by Crippen LogP contribution is 2.37. The fourth-order valence-electron chi connectivity index (χ4n) is 4.71. The third kappa shape index (κ3) is 10.7. The largest absolute Gasteiger partial charge is 0.489 e. The van der Waals surface area contributed by atoms with Crippen molar-refractivity contribution >= 4 is 58.5 Å². The molecule has 1 atom stereocenters. The van der Waals surface area contributed by atoms with Crippen molar-refractivity contribution in [3.05, 3.63) is 160 Å².